The zero-order valence-corrected chi connectivity index (χ0v) is 18.5. The van der Waals surface area contributed by atoms with Crippen LogP contribution in [0.3, 0.4) is 0 Å². The monoisotopic (exact) mass is 452 g/mol. The zero-order valence-electron chi connectivity index (χ0n) is 17.7. The van der Waals surface area contributed by atoms with Gasteiger partial charge < -0.3 is 15.8 Å². The van der Waals surface area contributed by atoms with Gasteiger partial charge in [-0.1, -0.05) is 36.6 Å². The number of hydrogen-bond donors (Lipinski definition) is 2. The van der Waals surface area contributed by atoms with Crippen molar-refractivity contribution < 1.29 is 9.13 Å². The molecule has 1 aliphatic carbocycles. The molecular formula is C25H26ClFN4O. The molecule has 1 fully saturated rings. The number of nitrogens with two attached hydrogens (primary N) is 1. The van der Waals surface area contributed by atoms with Gasteiger partial charge in [-0.2, -0.15) is 0 Å². The fourth-order valence-corrected chi connectivity index (χ4v) is 3.95. The Balaban J connectivity index is 1.61. The summed E-state index contributed by atoms with van der Waals surface area (Å²) in [7, 11) is 0. The third kappa shape index (κ3) is 5.71. The highest BCUT2D eigenvalue weighted by Crippen LogP contribution is 2.26. The number of pyridine rings is 1. The topological polar surface area (TPSA) is 72.5 Å². The van der Waals surface area contributed by atoms with Gasteiger partial charge in [-0.15, -0.1) is 0 Å². The van der Waals surface area contributed by atoms with E-state index < -0.39 is 5.82 Å². The van der Waals surface area contributed by atoms with Crippen molar-refractivity contribution in [2.75, 3.05) is 5.32 Å². The molecule has 3 N–H and O–H groups in total. The first kappa shape index (κ1) is 22.4. The molecule has 1 saturated carbocycles. The van der Waals surface area contributed by atoms with Crippen molar-refractivity contribution in [2.24, 2.45) is 10.7 Å². The van der Waals surface area contributed by atoms with Crippen molar-refractivity contribution in [1.82, 2.24) is 4.98 Å². The van der Waals surface area contributed by atoms with Gasteiger partial charge in [-0.3, -0.25) is 4.98 Å². The van der Waals surface area contributed by atoms with Gasteiger partial charge in [0.1, 0.15) is 11.7 Å². The first-order valence-corrected chi connectivity index (χ1v) is 11.1. The maximum Gasteiger partial charge on any atom is 0.141 e. The Hall–Kier alpha value is -2.80. The fraction of sp³-hybridized carbons (Fsp3) is 0.280. The van der Waals surface area contributed by atoms with Gasteiger partial charge in [0.05, 0.1) is 23.4 Å². The molecule has 2 aromatic carbocycles. The van der Waals surface area contributed by atoms with Crippen LogP contribution in [0.25, 0.3) is 0 Å². The van der Waals surface area contributed by atoms with E-state index in [1.54, 1.807) is 18.5 Å². The summed E-state index contributed by atoms with van der Waals surface area (Å²) in [4.78, 5) is 9.02. The molecule has 4 rings (SSSR count). The predicted octanol–water partition coefficient (Wildman–Crippen LogP) is 5.98. The lowest BCUT2D eigenvalue weighted by molar-refractivity contribution is 0.0457. The van der Waals surface area contributed by atoms with Crippen LogP contribution in [0.15, 0.2) is 65.9 Å². The second kappa shape index (κ2) is 10.7. The third-order valence-corrected chi connectivity index (χ3v) is 5.79. The lowest BCUT2D eigenvalue weighted by atomic mass is 10.1. The minimum Gasteiger partial charge on any atom is -0.374 e. The number of nitrogens with zero attached hydrogens (tertiary/aromatic N) is 2. The Kier molecular flexibility index (Phi) is 7.47. The SMILES string of the molecule is NCc1cc(COC2CCCC2)ccc1N=C(Nc1ccc(F)c(Cl)c1)c1cccnc1. The molecule has 0 atom stereocenters. The van der Waals surface area contributed by atoms with Gasteiger partial charge in [-0.25, -0.2) is 9.38 Å². The summed E-state index contributed by atoms with van der Waals surface area (Å²) in [6, 6.07) is 14.2. The molecule has 7 heteroatoms. The summed E-state index contributed by atoms with van der Waals surface area (Å²) < 4.78 is 19.6. The van der Waals surface area contributed by atoms with Gasteiger partial charge in [0, 0.05) is 30.2 Å². The van der Waals surface area contributed by atoms with E-state index in [4.69, 9.17) is 27.1 Å². The summed E-state index contributed by atoms with van der Waals surface area (Å²) in [6.45, 7) is 0.919. The fourth-order valence-electron chi connectivity index (χ4n) is 3.77. The molecule has 0 saturated heterocycles. The summed E-state index contributed by atoms with van der Waals surface area (Å²) in [5, 5.41) is 3.27. The molecule has 0 aliphatic heterocycles. The number of rotatable bonds is 7. The molecule has 0 spiro atoms. The number of halogens is 2. The van der Waals surface area contributed by atoms with Gasteiger partial charge >= 0.3 is 0 Å². The van der Waals surface area contributed by atoms with Crippen LogP contribution >= 0.6 is 11.6 Å². The van der Waals surface area contributed by atoms with Crippen LogP contribution in [0, 0.1) is 5.82 Å². The Morgan fingerprint density at radius 2 is 2.03 bits per heavy atom. The lowest BCUT2D eigenvalue weighted by Gasteiger charge is -2.14. The van der Waals surface area contributed by atoms with Gasteiger partial charge in [-0.05, 0) is 60.4 Å². The van der Waals surface area contributed by atoms with Crippen LogP contribution in [-0.2, 0) is 17.9 Å². The second-order valence-corrected chi connectivity index (χ2v) is 8.25. The van der Waals surface area contributed by atoms with Crippen LogP contribution in [0.2, 0.25) is 5.02 Å². The van der Waals surface area contributed by atoms with Crippen molar-refractivity contribution in [3.8, 4) is 0 Å². The molecular weight excluding hydrogens is 427 g/mol. The summed E-state index contributed by atoms with van der Waals surface area (Å²) >= 11 is 5.95. The first-order chi connectivity index (χ1) is 15.6. The van der Waals surface area contributed by atoms with E-state index in [1.165, 1.54) is 25.0 Å². The van der Waals surface area contributed by atoms with Crippen LogP contribution < -0.4 is 11.1 Å². The van der Waals surface area contributed by atoms with Crippen LogP contribution in [-0.4, -0.2) is 16.9 Å². The van der Waals surface area contributed by atoms with Crippen molar-refractivity contribution in [2.45, 2.75) is 44.9 Å². The Morgan fingerprint density at radius 1 is 1.19 bits per heavy atom. The largest absolute Gasteiger partial charge is 0.374 e. The molecule has 32 heavy (non-hydrogen) atoms. The molecule has 1 heterocycles. The normalized spacial score (nSPS) is 14.7. The Labute approximate surface area is 192 Å². The predicted molar refractivity (Wildman–Crippen MR) is 127 cm³/mol. The molecule has 0 unspecified atom stereocenters. The van der Waals surface area contributed by atoms with E-state index in [-0.39, 0.29) is 5.02 Å². The molecule has 0 amide bonds. The number of nitrogens with one attached hydrogen (secondary N) is 1. The summed E-state index contributed by atoms with van der Waals surface area (Å²) in [6.07, 6.45) is 8.53. The lowest BCUT2D eigenvalue weighted by Crippen LogP contribution is -2.14. The zero-order chi connectivity index (χ0) is 22.3. The number of benzene rings is 2. The van der Waals surface area contributed by atoms with E-state index in [0.29, 0.717) is 30.8 Å². The second-order valence-electron chi connectivity index (χ2n) is 7.84. The van der Waals surface area contributed by atoms with E-state index in [1.807, 2.05) is 30.3 Å². The molecule has 5 nitrogen and oxygen atoms in total. The van der Waals surface area contributed by atoms with Gasteiger partial charge in [0.2, 0.25) is 0 Å². The quantitative estimate of drug-likeness (QED) is 0.341. The molecule has 1 aromatic heterocycles. The highest BCUT2D eigenvalue weighted by molar-refractivity contribution is 6.31. The Morgan fingerprint density at radius 3 is 2.75 bits per heavy atom. The number of hydrogen-bond acceptors (Lipinski definition) is 4. The maximum absolute atomic E-state index is 13.6. The average Bonchev–Trinajstić information content (AvgIpc) is 3.34. The number of amidine groups is 1. The highest BCUT2D eigenvalue weighted by atomic mass is 35.5. The molecule has 3 aromatic rings. The maximum atomic E-state index is 13.6. The highest BCUT2D eigenvalue weighted by Gasteiger charge is 2.15. The van der Waals surface area contributed by atoms with Crippen molar-refractivity contribution in [3.05, 3.63) is 88.5 Å². The molecule has 166 valence electrons. The van der Waals surface area contributed by atoms with E-state index in [2.05, 4.69) is 10.3 Å². The van der Waals surface area contributed by atoms with Crippen LogP contribution in [0.1, 0.15) is 42.4 Å². The third-order valence-electron chi connectivity index (χ3n) is 5.50. The van der Waals surface area contributed by atoms with E-state index in [0.717, 1.165) is 35.2 Å². The van der Waals surface area contributed by atoms with E-state index in [9.17, 15) is 4.39 Å². The number of ether oxygens (including phenoxy) is 1. The Bertz CT molecular complexity index is 1080. The van der Waals surface area contributed by atoms with Gasteiger partial charge in [0.25, 0.3) is 0 Å². The van der Waals surface area contributed by atoms with Gasteiger partial charge in [0.15, 0.2) is 0 Å². The number of anilines is 1. The smallest absolute Gasteiger partial charge is 0.141 e. The molecule has 0 radical (unpaired) electrons. The van der Waals surface area contributed by atoms with Crippen molar-refractivity contribution >= 4 is 28.8 Å². The molecule has 1 aliphatic rings. The minimum atomic E-state index is -0.474. The molecule has 0 bridgehead atoms. The van der Waals surface area contributed by atoms with Crippen LogP contribution in [0.5, 0.6) is 0 Å². The van der Waals surface area contributed by atoms with Crippen LogP contribution in [0.4, 0.5) is 15.8 Å². The summed E-state index contributed by atoms with van der Waals surface area (Å²) in [5.74, 6) is 0.0864. The first-order valence-electron chi connectivity index (χ1n) is 10.8. The number of aromatic nitrogens is 1. The van der Waals surface area contributed by atoms with E-state index >= 15 is 0 Å². The van der Waals surface area contributed by atoms with Crippen molar-refractivity contribution in [3.63, 3.8) is 0 Å². The minimum absolute atomic E-state index is 0.0369. The average molecular weight is 453 g/mol. The number of aliphatic imine (C=N–C) groups is 1. The van der Waals surface area contributed by atoms with Crippen molar-refractivity contribution in [1.29, 1.82) is 0 Å². The standard InChI is InChI=1S/C25H26ClFN4O/c26-22-13-20(8-9-23(22)27)30-25(18-4-3-11-29-15-18)31-24-10-7-17(12-19(24)14-28)16-32-21-5-1-2-6-21/h3-4,7-13,15,21H,1-2,5-6,14,16,28H2,(H,30,31). The summed E-state index contributed by atoms with van der Waals surface area (Å²) in [5.41, 5.74) is 10.2.